The van der Waals surface area contributed by atoms with Gasteiger partial charge in [0.25, 0.3) is 0 Å². The first-order chi connectivity index (χ1) is 16.7. The van der Waals surface area contributed by atoms with Crippen molar-refractivity contribution in [3.63, 3.8) is 0 Å². The molecule has 0 aliphatic carbocycles. The molecule has 184 valence electrons. The van der Waals surface area contributed by atoms with Crippen molar-refractivity contribution in [1.82, 2.24) is 15.0 Å². The van der Waals surface area contributed by atoms with Crippen LogP contribution in [0.1, 0.15) is 78.2 Å². The van der Waals surface area contributed by atoms with Gasteiger partial charge in [-0.15, -0.1) is 0 Å². The Morgan fingerprint density at radius 1 is 0.778 bits per heavy atom. The molecule has 2 aromatic rings. The van der Waals surface area contributed by atoms with Gasteiger partial charge in [0.2, 0.25) is 0 Å². The van der Waals surface area contributed by atoms with Gasteiger partial charge < -0.3 is 10.3 Å². The molecule has 0 radical (unpaired) electrons. The molecule has 0 N–H and O–H groups in total. The number of nitroso groups, excluding NO2 is 1. The molecule has 0 saturated carbocycles. The maximum absolute atomic E-state index is 12.8. The van der Waals surface area contributed by atoms with Crippen molar-refractivity contribution in [3.05, 3.63) is 69.3 Å². The van der Waals surface area contributed by atoms with Gasteiger partial charge >= 0.3 is 5.84 Å². The van der Waals surface area contributed by atoms with Gasteiger partial charge in [-0.05, 0) is 108 Å². The number of nitrogens with zero attached hydrogens (tertiary/aromatic N) is 6. The molecule has 0 saturated heterocycles. The second-order valence-electron chi connectivity index (χ2n) is 11.0. The Bertz CT molecular complexity index is 1440. The van der Waals surface area contributed by atoms with E-state index in [0.29, 0.717) is 34.4 Å². The first kappa shape index (κ1) is 25.2. The van der Waals surface area contributed by atoms with Crippen LogP contribution in [0, 0.1) is 33.8 Å². The number of pyridine rings is 2. The molecule has 4 heterocycles. The quantitative estimate of drug-likeness (QED) is 0.474. The van der Waals surface area contributed by atoms with Gasteiger partial charge in [-0.2, -0.15) is 0 Å². The van der Waals surface area contributed by atoms with E-state index in [2.05, 4.69) is 43.6 Å². The highest BCUT2D eigenvalue weighted by Crippen LogP contribution is 2.38. The van der Waals surface area contributed by atoms with Gasteiger partial charge in [-0.25, -0.2) is 9.97 Å². The second kappa shape index (κ2) is 8.36. The summed E-state index contributed by atoms with van der Waals surface area (Å²) in [6, 6.07) is 10.6. The molecule has 0 amide bonds. The largest absolute Gasteiger partial charge is 0.757 e. The zero-order valence-corrected chi connectivity index (χ0v) is 22.0. The summed E-state index contributed by atoms with van der Waals surface area (Å²) in [6.07, 6.45) is 0. The lowest BCUT2D eigenvalue weighted by Crippen LogP contribution is -2.50. The summed E-state index contributed by atoms with van der Waals surface area (Å²) in [5, 5.41) is 13.8. The lowest BCUT2D eigenvalue weighted by atomic mass is 9.84. The fourth-order valence-corrected chi connectivity index (χ4v) is 3.69. The number of aliphatic imine (C=N–C) groups is 2. The summed E-state index contributed by atoms with van der Waals surface area (Å²) in [6.45, 7) is 15.2. The van der Waals surface area contributed by atoms with Crippen molar-refractivity contribution < 1.29 is 4.76 Å². The summed E-state index contributed by atoms with van der Waals surface area (Å²) in [5.41, 5.74) is -0.540. The van der Waals surface area contributed by atoms with E-state index in [0.717, 1.165) is 9.82 Å². The highest BCUT2D eigenvalue weighted by Gasteiger charge is 2.59. The third-order valence-corrected chi connectivity index (χ3v) is 7.57. The molecule has 8 nitrogen and oxygen atoms in total. The molecule has 2 aliphatic heterocycles. The zero-order valence-electron chi connectivity index (χ0n) is 22.0. The first-order valence-electron chi connectivity index (χ1n) is 11.8. The second-order valence-corrected chi connectivity index (χ2v) is 11.0. The highest BCUT2D eigenvalue weighted by atomic mass is 16.5. The van der Waals surface area contributed by atoms with Crippen molar-refractivity contribution >= 4 is 11.7 Å². The summed E-state index contributed by atoms with van der Waals surface area (Å²) in [4.78, 5) is 31.1. The minimum atomic E-state index is -0.683. The highest BCUT2D eigenvalue weighted by molar-refractivity contribution is 6.00. The Hall–Kier alpha value is -3.88. The van der Waals surface area contributed by atoms with Crippen LogP contribution >= 0.6 is 0 Å². The molecule has 2 aromatic heterocycles. The van der Waals surface area contributed by atoms with Crippen LogP contribution in [0.15, 0.2) is 46.4 Å². The van der Waals surface area contributed by atoms with E-state index in [1.165, 1.54) is 0 Å². The standard InChI is InChI=1S/C28H30N6O2/c1-25(2)27(5,6)33(35)23(31-25)21-17-11-15-19(29-21)13-9-10-14-20-16-12-18-22(30-20)24-32-26(3,4)28(7,8)34(24)36/h11-12,15-18H,1-8H3. The predicted octanol–water partition coefficient (Wildman–Crippen LogP) is 4.09. The lowest BCUT2D eigenvalue weighted by Gasteiger charge is -2.45. The molecule has 36 heavy (non-hydrogen) atoms. The van der Waals surface area contributed by atoms with Crippen LogP contribution in [0.4, 0.5) is 0 Å². The Labute approximate surface area is 212 Å². The Morgan fingerprint density at radius 3 is 1.78 bits per heavy atom. The third-order valence-electron chi connectivity index (χ3n) is 7.57. The first-order valence-corrected chi connectivity index (χ1v) is 11.8. The van der Waals surface area contributed by atoms with E-state index in [1.54, 1.807) is 36.4 Å². The van der Waals surface area contributed by atoms with E-state index >= 15 is 0 Å². The van der Waals surface area contributed by atoms with Crippen molar-refractivity contribution in [2.75, 3.05) is 0 Å². The molecule has 2 aliphatic rings. The van der Waals surface area contributed by atoms with Gasteiger partial charge in [0, 0.05) is 5.54 Å². The van der Waals surface area contributed by atoms with E-state index in [9.17, 15) is 10.1 Å². The molecule has 0 unspecified atom stereocenters. The molecule has 0 spiro atoms. The molecular formula is C28H30N6O2. The molecule has 0 bridgehead atoms. The summed E-state index contributed by atoms with van der Waals surface area (Å²) in [7, 11) is 0. The molecule has 8 heteroatoms. The molecule has 0 fully saturated rings. The summed E-state index contributed by atoms with van der Waals surface area (Å²) in [5.74, 6) is 12.0. The topological polar surface area (TPSA) is 96.9 Å². The van der Waals surface area contributed by atoms with Crippen molar-refractivity contribution in [3.8, 4) is 23.7 Å². The number of rotatable bonds is 2. The van der Waals surface area contributed by atoms with Gasteiger partial charge in [0.15, 0.2) is 16.8 Å². The Morgan fingerprint density at radius 2 is 1.31 bits per heavy atom. The number of amidine groups is 2. The summed E-state index contributed by atoms with van der Waals surface area (Å²) < 4.78 is 0.922. The van der Waals surface area contributed by atoms with Crippen molar-refractivity contribution in [1.29, 1.82) is 0 Å². The van der Waals surface area contributed by atoms with E-state index in [4.69, 9.17) is 0 Å². The zero-order chi connectivity index (χ0) is 26.5. The number of aromatic nitrogens is 2. The monoisotopic (exact) mass is 482 g/mol. The van der Waals surface area contributed by atoms with E-state index in [1.807, 2.05) is 55.4 Å². The van der Waals surface area contributed by atoms with Crippen LogP contribution in [-0.2, 0) is 0 Å². The molecule has 0 aromatic carbocycles. The van der Waals surface area contributed by atoms with Gasteiger partial charge in [-0.3, -0.25) is 4.99 Å². The van der Waals surface area contributed by atoms with Crippen LogP contribution in [0.25, 0.3) is 0 Å². The number of hydrogen-bond acceptors (Lipinski definition) is 7. The maximum atomic E-state index is 12.8. The van der Waals surface area contributed by atoms with Crippen LogP contribution in [0.3, 0.4) is 0 Å². The Balaban J connectivity index is 1.55. The minimum Gasteiger partial charge on any atom is -0.757 e. The maximum Gasteiger partial charge on any atom is 0.383 e. The molecule has 0 atom stereocenters. The van der Waals surface area contributed by atoms with Crippen LogP contribution in [0.2, 0.25) is 0 Å². The molecular weight excluding hydrogens is 452 g/mol. The van der Waals surface area contributed by atoms with Crippen LogP contribution in [0.5, 0.6) is 0 Å². The predicted molar refractivity (Wildman–Crippen MR) is 140 cm³/mol. The van der Waals surface area contributed by atoms with Crippen molar-refractivity contribution in [2.45, 2.75) is 77.5 Å². The lowest BCUT2D eigenvalue weighted by molar-refractivity contribution is -0.514. The summed E-state index contributed by atoms with van der Waals surface area (Å²) >= 11 is 0. The van der Waals surface area contributed by atoms with E-state index < -0.39 is 22.2 Å². The minimum absolute atomic E-state index is 0.300. The van der Waals surface area contributed by atoms with E-state index in [-0.39, 0.29) is 0 Å². The fraction of sp³-hybridized carbons (Fsp3) is 0.429. The average Bonchev–Trinajstić information content (AvgIpc) is 3.09. The SMILES string of the molecule is CC1(C)N=C(c2cccc(C#CC#Cc3cccc(C4=NC(C)(C)C(C)(C)[N+]4=O)n3)n2)N([O-])C1(C)C. The van der Waals surface area contributed by atoms with Crippen LogP contribution < -0.4 is 0 Å². The number of hydroxylamine groups is 2. The van der Waals surface area contributed by atoms with Crippen molar-refractivity contribution in [2.24, 2.45) is 9.98 Å². The number of hydrogen-bond donors (Lipinski definition) is 0. The fourth-order valence-electron chi connectivity index (χ4n) is 3.69. The van der Waals surface area contributed by atoms with Gasteiger partial charge in [0.05, 0.1) is 5.54 Å². The van der Waals surface area contributed by atoms with Crippen LogP contribution in [-0.4, -0.2) is 53.6 Å². The third kappa shape index (κ3) is 4.08. The molecule has 4 rings (SSSR count). The van der Waals surface area contributed by atoms with Gasteiger partial charge in [0.1, 0.15) is 22.9 Å². The Kier molecular flexibility index (Phi) is 5.86. The smallest absolute Gasteiger partial charge is 0.383 e. The average molecular weight is 483 g/mol. The normalized spacial score (nSPS) is 20.6. The van der Waals surface area contributed by atoms with Gasteiger partial charge in [-0.1, -0.05) is 22.0 Å².